The average molecular weight is 549 g/mol. The molecule has 1 fully saturated rings. The number of allylic oxidation sites excluding steroid dienone is 2. The minimum absolute atomic E-state index is 0.121. The van der Waals surface area contributed by atoms with Crippen LogP contribution in [0.25, 0.3) is 6.08 Å². The van der Waals surface area contributed by atoms with Crippen LogP contribution in [0.3, 0.4) is 0 Å². The van der Waals surface area contributed by atoms with Gasteiger partial charge in [0, 0.05) is 43.3 Å². The summed E-state index contributed by atoms with van der Waals surface area (Å²) in [4.78, 5) is 4.76. The molecule has 4 rings (SSSR count). The molecule has 0 amide bonds. The lowest BCUT2D eigenvalue weighted by molar-refractivity contribution is 0.331. The number of hydrogen-bond acceptors (Lipinski definition) is 4. The van der Waals surface area contributed by atoms with E-state index < -0.39 is 0 Å². The number of anilines is 1. The highest BCUT2D eigenvalue weighted by molar-refractivity contribution is 6.30. The second kappa shape index (κ2) is 15.8. The molecule has 2 aliphatic heterocycles. The molecule has 2 unspecified atom stereocenters. The maximum absolute atomic E-state index is 13.7. The van der Waals surface area contributed by atoms with Crippen LogP contribution >= 0.6 is 23.2 Å². The number of likely N-dealkylation sites (N-methyl/N-ethyl adjacent to an activating group) is 1. The standard InChI is InChI=1S/C22H24ClFN2.C5H10O.C3H6ClN/c1-25-15-21(20-13-19(24)8-9-22(20)25)17-10-12-26(14-17)11-2-3-16-4-6-18(23)7-5-16;1-3-5(2)4-6;1-2-3(4)5/h2-9,13,17,21H,10-12,14-15H2,1H3;3,6H,4H2,1-2H3;2H,5H2,1H3/b3-2+;5-3+;3-2-. The largest absolute Gasteiger partial charge is 0.392 e. The van der Waals surface area contributed by atoms with Gasteiger partial charge in [0.25, 0.3) is 0 Å². The van der Waals surface area contributed by atoms with E-state index >= 15 is 0 Å². The van der Waals surface area contributed by atoms with Crippen LogP contribution in [-0.4, -0.2) is 49.8 Å². The van der Waals surface area contributed by atoms with E-state index in [1.54, 1.807) is 25.1 Å². The van der Waals surface area contributed by atoms with Crippen LogP contribution in [0.1, 0.15) is 44.2 Å². The Hall–Kier alpha value is -2.31. The van der Waals surface area contributed by atoms with Gasteiger partial charge in [0.2, 0.25) is 0 Å². The van der Waals surface area contributed by atoms with E-state index in [9.17, 15) is 4.39 Å². The number of likely N-dealkylation sites (tertiary alicyclic amines) is 1. The van der Waals surface area contributed by atoms with Gasteiger partial charge in [0.05, 0.1) is 11.8 Å². The van der Waals surface area contributed by atoms with Crippen LogP contribution in [0.15, 0.2) is 71.4 Å². The third kappa shape index (κ3) is 10.2. The van der Waals surface area contributed by atoms with Crippen molar-refractivity contribution in [2.45, 2.75) is 33.1 Å². The predicted octanol–water partition coefficient (Wildman–Crippen LogP) is 7.04. The molecule has 4 nitrogen and oxygen atoms in total. The van der Waals surface area contributed by atoms with Gasteiger partial charge in [-0.3, -0.25) is 4.90 Å². The van der Waals surface area contributed by atoms with E-state index in [1.807, 2.05) is 50.3 Å². The van der Waals surface area contributed by atoms with Crippen LogP contribution in [0, 0.1) is 11.7 Å². The zero-order valence-electron chi connectivity index (χ0n) is 22.3. The summed E-state index contributed by atoms with van der Waals surface area (Å²) in [6, 6.07) is 13.1. The summed E-state index contributed by atoms with van der Waals surface area (Å²) in [6.45, 7) is 9.92. The first kappa shape index (κ1) is 30.9. The zero-order valence-corrected chi connectivity index (χ0v) is 23.8. The molecule has 37 heavy (non-hydrogen) atoms. The molecule has 0 aromatic heterocycles. The number of halogens is 3. The van der Waals surface area contributed by atoms with Gasteiger partial charge < -0.3 is 15.7 Å². The number of rotatable bonds is 5. The van der Waals surface area contributed by atoms with Crippen molar-refractivity contribution in [3.63, 3.8) is 0 Å². The molecule has 2 aromatic rings. The average Bonchev–Trinajstić information content (AvgIpc) is 3.49. The quantitative estimate of drug-likeness (QED) is 0.311. The summed E-state index contributed by atoms with van der Waals surface area (Å²) in [5.41, 5.74) is 9.50. The van der Waals surface area contributed by atoms with Crippen molar-refractivity contribution in [1.29, 1.82) is 0 Å². The number of hydrogen-bond donors (Lipinski definition) is 2. The second-order valence-corrected chi connectivity index (χ2v) is 10.3. The highest BCUT2D eigenvalue weighted by Gasteiger charge is 2.36. The fourth-order valence-electron chi connectivity index (χ4n) is 4.42. The number of fused-ring (bicyclic) bond motifs is 1. The molecule has 0 aliphatic carbocycles. The Labute approximate surface area is 231 Å². The summed E-state index contributed by atoms with van der Waals surface area (Å²) in [6.07, 6.45) is 9.07. The number of nitrogens with zero attached hydrogens (tertiary/aromatic N) is 2. The maximum atomic E-state index is 13.7. The Kier molecular flexibility index (Phi) is 13.2. The third-order valence-electron chi connectivity index (χ3n) is 6.71. The van der Waals surface area contributed by atoms with Gasteiger partial charge >= 0.3 is 0 Å². The highest BCUT2D eigenvalue weighted by Crippen LogP contribution is 2.42. The van der Waals surface area contributed by atoms with Gasteiger partial charge in [-0.05, 0) is 81.1 Å². The lowest BCUT2D eigenvalue weighted by Gasteiger charge is -2.20. The molecule has 2 heterocycles. The van der Waals surface area contributed by atoms with Gasteiger partial charge in [-0.25, -0.2) is 4.39 Å². The van der Waals surface area contributed by atoms with E-state index in [1.165, 1.54) is 23.2 Å². The van der Waals surface area contributed by atoms with Crippen LogP contribution in [-0.2, 0) is 0 Å². The first-order valence-electron chi connectivity index (χ1n) is 12.6. The first-order chi connectivity index (χ1) is 17.7. The van der Waals surface area contributed by atoms with Crippen molar-refractivity contribution in [2.75, 3.05) is 44.7 Å². The fraction of sp³-hybridized carbons (Fsp3) is 0.400. The summed E-state index contributed by atoms with van der Waals surface area (Å²) in [7, 11) is 2.11. The molecule has 3 N–H and O–H groups in total. The van der Waals surface area contributed by atoms with Crippen LogP contribution < -0.4 is 10.6 Å². The Balaban J connectivity index is 0.000000370. The summed E-state index contributed by atoms with van der Waals surface area (Å²) >= 11 is 11.0. The topological polar surface area (TPSA) is 52.7 Å². The van der Waals surface area contributed by atoms with Crippen molar-refractivity contribution in [3.8, 4) is 0 Å². The van der Waals surface area contributed by atoms with Gasteiger partial charge in [0.15, 0.2) is 0 Å². The smallest absolute Gasteiger partial charge is 0.123 e. The molecule has 202 valence electrons. The minimum Gasteiger partial charge on any atom is -0.392 e. The molecule has 1 saturated heterocycles. The van der Waals surface area contributed by atoms with Gasteiger partial charge in [-0.15, -0.1) is 0 Å². The van der Waals surface area contributed by atoms with E-state index in [0.717, 1.165) is 36.8 Å². The van der Waals surface area contributed by atoms with Crippen molar-refractivity contribution < 1.29 is 9.50 Å². The summed E-state index contributed by atoms with van der Waals surface area (Å²) in [5.74, 6) is 0.921. The molecule has 0 radical (unpaired) electrons. The number of aliphatic hydroxyl groups excluding tert-OH is 1. The summed E-state index contributed by atoms with van der Waals surface area (Å²) < 4.78 is 13.7. The normalized spacial score (nSPS) is 19.8. The Bertz CT molecular complexity index is 1060. The lowest BCUT2D eigenvalue weighted by atomic mass is 9.87. The number of aliphatic hydroxyl groups is 1. The molecule has 0 saturated carbocycles. The van der Waals surface area contributed by atoms with E-state index in [-0.39, 0.29) is 12.4 Å². The molecule has 0 spiro atoms. The second-order valence-electron chi connectivity index (χ2n) is 9.42. The van der Waals surface area contributed by atoms with Crippen molar-refractivity contribution in [2.24, 2.45) is 11.7 Å². The van der Waals surface area contributed by atoms with Gasteiger partial charge in [-0.1, -0.05) is 65.2 Å². The third-order valence-corrected chi connectivity index (χ3v) is 7.18. The lowest BCUT2D eigenvalue weighted by Crippen LogP contribution is -2.25. The summed E-state index contributed by atoms with van der Waals surface area (Å²) in [5, 5.41) is 9.38. The zero-order chi connectivity index (χ0) is 27.4. The first-order valence-corrected chi connectivity index (χ1v) is 13.4. The molecule has 7 heteroatoms. The predicted molar refractivity (Wildman–Crippen MR) is 158 cm³/mol. The SMILES string of the molecule is C/C=C(\C)CO.C/C=C(\N)Cl.CN1CC(C2CCN(C/C=C/c3ccc(Cl)cc3)C2)c2cc(F)ccc21. The number of benzene rings is 2. The fourth-order valence-corrected chi connectivity index (χ4v) is 4.55. The van der Waals surface area contributed by atoms with Crippen molar-refractivity contribution in [3.05, 3.63) is 93.4 Å². The highest BCUT2D eigenvalue weighted by atomic mass is 35.5. The molecule has 2 aliphatic rings. The molecule has 2 atom stereocenters. The maximum Gasteiger partial charge on any atom is 0.123 e. The van der Waals surface area contributed by atoms with E-state index in [4.69, 9.17) is 34.0 Å². The molecule has 2 aromatic carbocycles. The van der Waals surface area contributed by atoms with Gasteiger partial charge in [0.1, 0.15) is 5.82 Å². The Morgan fingerprint density at radius 2 is 1.81 bits per heavy atom. The molecule has 0 bridgehead atoms. The van der Waals surface area contributed by atoms with Crippen LogP contribution in [0.5, 0.6) is 0 Å². The van der Waals surface area contributed by atoms with E-state index in [2.05, 4.69) is 29.0 Å². The molecular weight excluding hydrogens is 508 g/mol. The van der Waals surface area contributed by atoms with Crippen molar-refractivity contribution >= 4 is 35.0 Å². The molecular formula is C30H40Cl2FN3O. The minimum atomic E-state index is -0.121. The van der Waals surface area contributed by atoms with Crippen molar-refractivity contribution in [1.82, 2.24) is 4.90 Å². The number of nitrogens with two attached hydrogens (primary N) is 1. The monoisotopic (exact) mass is 547 g/mol. The van der Waals surface area contributed by atoms with E-state index in [0.29, 0.717) is 17.0 Å². The van der Waals surface area contributed by atoms with Crippen LogP contribution in [0.2, 0.25) is 5.02 Å². The van der Waals surface area contributed by atoms with Crippen LogP contribution in [0.4, 0.5) is 10.1 Å². The van der Waals surface area contributed by atoms with Gasteiger partial charge in [-0.2, -0.15) is 0 Å². The Morgan fingerprint density at radius 3 is 2.38 bits per heavy atom. The Morgan fingerprint density at radius 1 is 1.14 bits per heavy atom.